The van der Waals surface area contributed by atoms with Gasteiger partial charge in [-0.1, -0.05) is 0 Å². The molecule has 0 saturated carbocycles. The molecule has 0 radical (unpaired) electrons. The van der Waals surface area contributed by atoms with Crippen molar-refractivity contribution in [2.75, 3.05) is 0 Å². The molecule has 0 aliphatic carbocycles. The van der Waals surface area contributed by atoms with Gasteiger partial charge in [0.05, 0.1) is 0 Å². The monoisotopic (exact) mass is 590 g/mol. The van der Waals surface area contributed by atoms with Crippen LogP contribution in [0.25, 0.3) is 0 Å². The Kier molecular flexibility index (Phi) is 4.91. The third-order valence-electron chi connectivity index (χ3n) is 3.81. The fourth-order valence-electron chi connectivity index (χ4n) is 2.13. The summed E-state index contributed by atoms with van der Waals surface area (Å²) in [5.74, 6) is -2.67. The van der Waals surface area contributed by atoms with Crippen LogP contribution in [0.15, 0.2) is 0 Å². The summed E-state index contributed by atoms with van der Waals surface area (Å²) in [7, 11) is 0. The third kappa shape index (κ3) is 2.90. The number of carbonyl (C=O) groups excluding carboxylic acids is 1. The van der Waals surface area contributed by atoms with E-state index in [2.05, 4.69) is 11.8 Å². The molecule has 0 aromatic rings. The maximum atomic E-state index is 13.0. The van der Waals surface area contributed by atoms with Gasteiger partial charge in [-0.05, 0) is 0 Å². The van der Waals surface area contributed by atoms with E-state index >= 15 is 0 Å². The number of fused-ring (bicyclic) bond motifs is 1. The summed E-state index contributed by atoms with van der Waals surface area (Å²) in [6.45, 7) is 3.37. The maximum absolute atomic E-state index is 13.0. The molecular weight excluding hydrogens is 576 g/mol. The number of hydrogen-bond acceptors (Lipinski definition) is 5. The number of esters is 1. The van der Waals surface area contributed by atoms with E-state index in [1.807, 2.05) is 0 Å². The van der Waals surface area contributed by atoms with Crippen LogP contribution in [0.2, 0.25) is 0 Å². The van der Waals surface area contributed by atoms with Gasteiger partial charge in [-0.3, -0.25) is 0 Å². The molecule has 0 spiro atoms. The average Bonchev–Trinajstić information content (AvgIpc) is 3.19. The quantitative estimate of drug-likeness (QED) is 0.0873. The average molecular weight is 590 g/mol. The summed E-state index contributed by atoms with van der Waals surface area (Å²) in [5, 5.41) is 9.51. The Hall–Kier alpha value is 0.390. The van der Waals surface area contributed by atoms with E-state index in [4.69, 9.17) is 0 Å². The van der Waals surface area contributed by atoms with Crippen LogP contribution in [0.1, 0.15) is 20.8 Å². The van der Waals surface area contributed by atoms with Crippen molar-refractivity contribution in [2.24, 2.45) is 5.92 Å². The Bertz CT molecular complexity index is 531. The van der Waals surface area contributed by atoms with Crippen molar-refractivity contribution >= 4 is 48.9 Å². The first-order valence-electron chi connectivity index (χ1n) is 6.53. The fourth-order valence-corrected chi connectivity index (χ4v) is 9.89. The number of alkyl halides is 8. The van der Waals surface area contributed by atoms with E-state index in [1.165, 1.54) is 6.92 Å². The van der Waals surface area contributed by atoms with Gasteiger partial charge >= 0.3 is 155 Å². The van der Waals surface area contributed by atoms with Crippen molar-refractivity contribution in [1.29, 1.82) is 0 Å². The molecule has 5 nitrogen and oxygen atoms in total. The summed E-state index contributed by atoms with van der Waals surface area (Å²) in [6, 6.07) is 0. The zero-order valence-corrected chi connectivity index (χ0v) is 16.8. The second-order valence-electron chi connectivity index (χ2n) is 5.97. The van der Waals surface area contributed by atoms with Gasteiger partial charge in [0.15, 0.2) is 0 Å². The van der Waals surface area contributed by atoms with Crippen molar-refractivity contribution in [1.82, 2.24) is 7.06 Å². The molecule has 142 valence electrons. The Morgan fingerprint density at radius 2 is 1.54 bits per heavy atom. The summed E-state index contributed by atoms with van der Waals surface area (Å²) in [4.78, 5) is 12.3. The minimum atomic E-state index is -6.06. The SMILES string of the molecule is CC(C)C(OC(=O)C(C)(I)C12NI1N2)C(O)(C(F)(F)F)C(F)(F)F. The van der Waals surface area contributed by atoms with E-state index in [-0.39, 0.29) is 0 Å². The molecule has 2 atom stereocenters. The molecule has 0 aromatic heterocycles. The molecule has 2 fully saturated rings. The Balaban J connectivity index is 2.33. The van der Waals surface area contributed by atoms with Crippen molar-refractivity contribution in [2.45, 2.75) is 51.9 Å². The second kappa shape index (κ2) is 5.69. The van der Waals surface area contributed by atoms with Crippen LogP contribution >= 0.6 is 43.0 Å². The molecule has 13 heteroatoms. The number of ether oxygens (including phenoxy) is 1. The molecule has 3 N–H and O–H groups in total. The molecule has 0 aromatic carbocycles. The molecule has 2 saturated heterocycles. The molecule has 2 aliphatic heterocycles. The van der Waals surface area contributed by atoms with Gasteiger partial charge in [0.2, 0.25) is 0 Å². The minimum absolute atomic E-state index is 0.731. The Morgan fingerprint density at radius 1 is 1.17 bits per heavy atom. The summed E-state index contributed by atoms with van der Waals surface area (Å²) in [5.41, 5.74) is -5.15. The van der Waals surface area contributed by atoms with Gasteiger partial charge in [-0.25, -0.2) is 0 Å². The summed E-state index contributed by atoms with van der Waals surface area (Å²) < 4.78 is 86.6. The van der Waals surface area contributed by atoms with Crippen LogP contribution in [0.3, 0.4) is 0 Å². The van der Waals surface area contributed by atoms with Gasteiger partial charge in [-0.2, -0.15) is 0 Å². The van der Waals surface area contributed by atoms with Crippen molar-refractivity contribution in [3.05, 3.63) is 0 Å². The van der Waals surface area contributed by atoms with E-state index in [1.54, 1.807) is 22.6 Å². The topological polar surface area (TPSA) is 90.4 Å². The van der Waals surface area contributed by atoms with Crippen LogP contribution < -0.4 is 7.06 Å². The first-order valence-corrected chi connectivity index (χ1v) is 10.8. The van der Waals surface area contributed by atoms with Gasteiger partial charge in [0.25, 0.3) is 0 Å². The molecule has 2 aliphatic rings. The van der Waals surface area contributed by atoms with Crippen LogP contribution in [0.4, 0.5) is 26.3 Å². The molecule has 0 amide bonds. The standard InChI is InChI=1S/C11H14F6I2N2O3/c1-4(2)5(8(23,9(12,13)14)10(15,16)17)24-6(22)7(3,18)11-19(20-11)21-11/h4-5,20-21,23H,1-3H3. The molecule has 0 bridgehead atoms. The zero-order chi connectivity index (χ0) is 18.9. The Morgan fingerprint density at radius 3 is 1.79 bits per heavy atom. The number of aliphatic hydroxyl groups is 1. The normalized spacial score (nSPS) is 24.9. The first-order chi connectivity index (χ1) is 10.5. The van der Waals surface area contributed by atoms with E-state index in [0.29, 0.717) is 0 Å². The van der Waals surface area contributed by atoms with Gasteiger partial charge < -0.3 is 0 Å². The molecular formula is C11H14F6I2N2O3. The number of rotatable bonds is 5. The Labute approximate surface area is 154 Å². The van der Waals surface area contributed by atoms with Gasteiger partial charge in [-0.15, -0.1) is 0 Å². The summed E-state index contributed by atoms with van der Waals surface area (Å²) in [6.07, 6.45) is -14.9. The van der Waals surface area contributed by atoms with Gasteiger partial charge in [0.1, 0.15) is 0 Å². The molecule has 2 unspecified atom stereocenters. The van der Waals surface area contributed by atoms with Crippen LogP contribution in [-0.4, -0.2) is 42.2 Å². The number of carbonyl (C=O) groups is 1. The number of hydrogen-bond donors (Lipinski definition) is 3. The van der Waals surface area contributed by atoms with Crippen LogP contribution in [-0.2, 0) is 9.53 Å². The molecule has 24 heavy (non-hydrogen) atoms. The van der Waals surface area contributed by atoms with Crippen LogP contribution in [0, 0.1) is 5.92 Å². The number of nitrogens with one attached hydrogen (secondary N) is 2. The predicted molar refractivity (Wildman–Crippen MR) is 87.2 cm³/mol. The molecule has 2 heterocycles. The zero-order valence-electron chi connectivity index (χ0n) is 12.4. The van der Waals surface area contributed by atoms with E-state index in [9.17, 15) is 36.2 Å². The fraction of sp³-hybridized carbons (Fsp3) is 0.909. The summed E-state index contributed by atoms with van der Waals surface area (Å²) >= 11 is -0.0656. The predicted octanol–water partition coefficient (Wildman–Crippen LogP) is 2.80. The van der Waals surface area contributed by atoms with E-state index in [0.717, 1.165) is 13.8 Å². The van der Waals surface area contributed by atoms with Crippen molar-refractivity contribution in [3.8, 4) is 0 Å². The first kappa shape index (κ1) is 20.7. The van der Waals surface area contributed by atoms with Crippen molar-refractivity contribution in [3.63, 3.8) is 0 Å². The van der Waals surface area contributed by atoms with E-state index < -0.39 is 63.4 Å². The van der Waals surface area contributed by atoms with Crippen LogP contribution in [0.5, 0.6) is 0 Å². The second-order valence-corrected chi connectivity index (χ2v) is 12.4. The molecule has 2 rings (SSSR count). The van der Waals surface area contributed by atoms with Crippen molar-refractivity contribution < 1.29 is 41.0 Å². The third-order valence-corrected chi connectivity index (χ3v) is 10.9. The van der Waals surface area contributed by atoms with Gasteiger partial charge in [0, 0.05) is 0 Å². The number of halogens is 8.